The zero-order chi connectivity index (χ0) is 16.3. The highest BCUT2D eigenvalue weighted by atomic mass is 16.4. The van der Waals surface area contributed by atoms with Crippen LogP contribution >= 0.6 is 0 Å². The highest BCUT2D eigenvalue weighted by Crippen LogP contribution is 2.10. The van der Waals surface area contributed by atoms with Crippen molar-refractivity contribution < 1.29 is 19.8 Å². The Morgan fingerprint density at radius 1 is 1.00 bits per heavy atom. The van der Waals surface area contributed by atoms with Crippen LogP contribution < -0.4 is 5.32 Å². The average Bonchev–Trinajstić information content (AvgIpc) is 2.45. The molecule has 0 aromatic carbocycles. The Labute approximate surface area is 129 Å². The van der Waals surface area contributed by atoms with Gasteiger partial charge in [0.1, 0.15) is 6.04 Å². The molecule has 21 heavy (non-hydrogen) atoms. The van der Waals surface area contributed by atoms with E-state index in [1.165, 1.54) is 57.8 Å². The van der Waals surface area contributed by atoms with E-state index in [0.717, 1.165) is 13.0 Å². The first-order chi connectivity index (χ1) is 10.1. The maximum absolute atomic E-state index is 10.5. The van der Waals surface area contributed by atoms with Crippen LogP contribution in [0.4, 0.5) is 0 Å². The molecule has 0 radical (unpaired) electrons. The van der Waals surface area contributed by atoms with Crippen LogP contribution in [-0.2, 0) is 9.59 Å². The van der Waals surface area contributed by atoms with Gasteiger partial charge in [-0.1, -0.05) is 64.7 Å². The van der Waals surface area contributed by atoms with E-state index in [-0.39, 0.29) is 6.47 Å². The van der Waals surface area contributed by atoms with E-state index in [4.69, 9.17) is 15.0 Å². The lowest BCUT2D eigenvalue weighted by molar-refractivity contribution is -0.139. The fourth-order valence-corrected chi connectivity index (χ4v) is 2.02. The van der Waals surface area contributed by atoms with Gasteiger partial charge in [-0.25, -0.2) is 0 Å². The summed E-state index contributed by atoms with van der Waals surface area (Å²) in [5.41, 5.74) is 0. The van der Waals surface area contributed by atoms with Gasteiger partial charge in [0.2, 0.25) is 0 Å². The van der Waals surface area contributed by atoms with Crippen molar-refractivity contribution in [2.45, 2.75) is 84.1 Å². The molecule has 1 unspecified atom stereocenters. The molecule has 0 aliphatic carbocycles. The van der Waals surface area contributed by atoms with Crippen molar-refractivity contribution in [3.63, 3.8) is 0 Å². The number of carboxylic acids is 1. The van der Waals surface area contributed by atoms with Crippen LogP contribution in [0.5, 0.6) is 0 Å². The van der Waals surface area contributed by atoms with Crippen LogP contribution in [-0.4, -0.2) is 35.2 Å². The monoisotopic (exact) mass is 303 g/mol. The molecule has 0 spiro atoms. The number of rotatable bonds is 13. The molecule has 3 N–H and O–H groups in total. The first-order valence-corrected chi connectivity index (χ1v) is 8.14. The van der Waals surface area contributed by atoms with Gasteiger partial charge in [-0.15, -0.1) is 0 Å². The lowest BCUT2D eigenvalue weighted by Crippen LogP contribution is -2.34. The molecule has 0 heterocycles. The molecule has 5 heteroatoms. The standard InChI is InChI=1S/C15H31NO2.CH2O2/c1-3-4-5-6-7-8-9-10-11-12-13-16-14(2)15(17)18;2-1-3/h14,16H,3-13H2,1-2H3,(H,17,18);1H,(H,2,3). The highest BCUT2D eigenvalue weighted by Gasteiger charge is 2.07. The third-order valence-corrected chi connectivity index (χ3v) is 3.35. The second kappa shape index (κ2) is 18.9. The van der Waals surface area contributed by atoms with Gasteiger partial charge in [0.15, 0.2) is 0 Å². The van der Waals surface area contributed by atoms with Gasteiger partial charge in [0.25, 0.3) is 6.47 Å². The van der Waals surface area contributed by atoms with Gasteiger partial charge in [0.05, 0.1) is 0 Å². The number of nitrogens with one attached hydrogen (secondary N) is 1. The molecule has 0 aliphatic heterocycles. The van der Waals surface area contributed by atoms with E-state index in [1.807, 2.05) is 0 Å². The van der Waals surface area contributed by atoms with E-state index in [1.54, 1.807) is 6.92 Å². The summed E-state index contributed by atoms with van der Waals surface area (Å²) in [6.07, 6.45) is 13.2. The van der Waals surface area contributed by atoms with Crippen LogP contribution in [0.3, 0.4) is 0 Å². The molecule has 5 nitrogen and oxygen atoms in total. The van der Waals surface area contributed by atoms with Crippen molar-refractivity contribution in [1.82, 2.24) is 5.32 Å². The maximum atomic E-state index is 10.5. The van der Waals surface area contributed by atoms with Gasteiger partial charge < -0.3 is 15.5 Å². The lowest BCUT2D eigenvalue weighted by atomic mass is 10.1. The van der Waals surface area contributed by atoms with Crippen LogP contribution in [0.25, 0.3) is 0 Å². The second-order valence-corrected chi connectivity index (χ2v) is 5.30. The molecule has 0 aromatic rings. The Hall–Kier alpha value is -1.10. The van der Waals surface area contributed by atoms with Gasteiger partial charge in [-0.3, -0.25) is 9.59 Å². The van der Waals surface area contributed by atoms with Gasteiger partial charge in [-0.2, -0.15) is 0 Å². The molecule has 0 aliphatic rings. The summed E-state index contributed by atoms with van der Waals surface area (Å²) in [6.45, 7) is 4.52. The SMILES string of the molecule is CCCCCCCCCCCCNC(C)C(=O)O.O=CO. The number of hydrogen-bond acceptors (Lipinski definition) is 3. The summed E-state index contributed by atoms with van der Waals surface area (Å²) >= 11 is 0. The number of carbonyl (C=O) groups is 2. The number of unbranched alkanes of at least 4 members (excludes halogenated alkanes) is 9. The van der Waals surface area contributed by atoms with Crippen molar-refractivity contribution in [3.8, 4) is 0 Å². The van der Waals surface area contributed by atoms with Crippen molar-refractivity contribution in [3.05, 3.63) is 0 Å². The Morgan fingerprint density at radius 2 is 1.38 bits per heavy atom. The third-order valence-electron chi connectivity index (χ3n) is 3.35. The summed E-state index contributed by atoms with van der Waals surface area (Å²) in [5, 5.41) is 18.6. The van der Waals surface area contributed by atoms with Crippen molar-refractivity contribution in [2.24, 2.45) is 0 Å². The van der Waals surface area contributed by atoms with Crippen LogP contribution in [0.15, 0.2) is 0 Å². The van der Waals surface area contributed by atoms with Crippen molar-refractivity contribution in [1.29, 1.82) is 0 Å². The normalized spacial score (nSPS) is 11.3. The molecule has 1 atom stereocenters. The molecule has 0 rings (SSSR count). The first kappa shape index (κ1) is 22.2. The van der Waals surface area contributed by atoms with Crippen LogP contribution in [0.2, 0.25) is 0 Å². The average molecular weight is 303 g/mol. The fourth-order valence-electron chi connectivity index (χ4n) is 2.02. The van der Waals surface area contributed by atoms with E-state index >= 15 is 0 Å². The molecular weight excluding hydrogens is 270 g/mol. The van der Waals surface area contributed by atoms with E-state index in [2.05, 4.69) is 12.2 Å². The van der Waals surface area contributed by atoms with Crippen molar-refractivity contribution >= 4 is 12.4 Å². The predicted molar refractivity (Wildman–Crippen MR) is 85.6 cm³/mol. The Bertz CT molecular complexity index is 234. The Morgan fingerprint density at radius 3 is 1.76 bits per heavy atom. The van der Waals surface area contributed by atoms with Crippen LogP contribution in [0, 0.1) is 0 Å². The summed E-state index contributed by atoms with van der Waals surface area (Å²) in [6, 6.07) is -0.413. The minimum Gasteiger partial charge on any atom is -0.483 e. The smallest absolute Gasteiger partial charge is 0.320 e. The summed E-state index contributed by atoms with van der Waals surface area (Å²) in [5.74, 6) is -0.762. The molecule has 0 amide bonds. The molecule has 0 saturated carbocycles. The quantitative estimate of drug-likeness (QED) is 0.357. The first-order valence-electron chi connectivity index (χ1n) is 8.14. The minimum atomic E-state index is -0.762. The number of aliphatic carboxylic acids is 1. The predicted octanol–water partition coefficient (Wildman–Crippen LogP) is 3.67. The molecule has 0 fully saturated rings. The molecule has 0 bridgehead atoms. The van der Waals surface area contributed by atoms with Crippen molar-refractivity contribution in [2.75, 3.05) is 6.54 Å². The molecule has 126 valence electrons. The Balaban J connectivity index is 0. The van der Waals surface area contributed by atoms with E-state index in [9.17, 15) is 4.79 Å². The molecule has 0 aromatic heterocycles. The van der Waals surface area contributed by atoms with Gasteiger partial charge >= 0.3 is 5.97 Å². The second-order valence-electron chi connectivity index (χ2n) is 5.30. The molecule has 0 saturated heterocycles. The third kappa shape index (κ3) is 21.4. The van der Waals surface area contributed by atoms with E-state index < -0.39 is 12.0 Å². The zero-order valence-corrected chi connectivity index (χ0v) is 13.6. The maximum Gasteiger partial charge on any atom is 0.320 e. The van der Waals surface area contributed by atoms with Gasteiger partial charge in [-0.05, 0) is 19.9 Å². The molecular formula is C16H33NO4. The topological polar surface area (TPSA) is 86.6 Å². The van der Waals surface area contributed by atoms with Gasteiger partial charge in [0, 0.05) is 0 Å². The summed E-state index contributed by atoms with van der Waals surface area (Å²) in [4.78, 5) is 18.9. The highest BCUT2D eigenvalue weighted by molar-refractivity contribution is 5.72. The zero-order valence-electron chi connectivity index (χ0n) is 13.6. The summed E-state index contributed by atoms with van der Waals surface area (Å²) < 4.78 is 0. The Kier molecular flexibility index (Phi) is 20.0. The number of hydrogen-bond donors (Lipinski definition) is 3. The van der Waals surface area contributed by atoms with E-state index in [0.29, 0.717) is 0 Å². The fraction of sp³-hybridized carbons (Fsp3) is 0.875. The minimum absolute atomic E-state index is 0.250. The number of carboxylic acid groups (broad SMARTS) is 2. The lowest BCUT2D eigenvalue weighted by Gasteiger charge is -2.08. The van der Waals surface area contributed by atoms with Crippen LogP contribution in [0.1, 0.15) is 78.1 Å². The summed E-state index contributed by atoms with van der Waals surface area (Å²) in [7, 11) is 0. The largest absolute Gasteiger partial charge is 0.483 e.